The molecule has 1 unspecified atom stereocenters. The molecule has 9 nitrogen and oxygen atoms in total. The van der Waals surface area contributed by atoms with Crippen molar-refractivity contribution in [3.05, 3.63) is 35.9 Å². The quantitative estimate of drug-likeness (QED) is 0.256. The van der Waals surface area contributed by atoms with Crippen LogP contribution in [0.4, 0.5) is 4.79 Å². The van der Waals surface area contributed by atoms with Crippen LogP contribution in [0.15, 0.2) is 30.3 Å². The molecule has 0 saturated carbocycles. The lowest BCUT2D eigenvalue weighted by atomic mass is 9.81. The van der Waals surface area contributed by atoms with Crippen LogP contribution in [0, 0.1) is 17.8 Å². The van der Waals surface area contributed by atoms with Gasteiger partial charge in [0.05, 0.1) is 11.8 Å². The fraction of sp³-hybridized carbons (Fsp3) is 0.545. The fourth-order valence-corrected chi connectivity index (χ4v) is 3.77. The van der Waals surface area contributed by atoms with Crippen molar-refractivity contribution in [2.75, 3.05) is 0 Å². The highest BCUT2D eigenvalue weighted by Gasteiger charge is 2.46. The number of nitrogens with zero attached hydrogens (tertiary/aromatic N) is 1. The standard InChI is InChI=1S/C22H32N4O5/c1-14(2)13-17(18(27)24-26-20(29)22(3,4)23-21(26)30)16(19(28)25-31)12-8-11-15-9-6-5-7-10-15/h5-7,9-10,14,16-17,31H,8,11-13H2,1-4H3,(H,23,30)(H,24,27)(H,25,28)/t16-,17?/m0/s1. The number of aryl methyl sites for hydroxylation is 1. The van der Waals surface area contributed by atoms with Gasteiger partial charge in [-0.2, -0.15) is 5.01 Å². The zero-order valence-corrected chi connectivity index (χ0v) is 18.5. The van der Waals surface area contributed by atoms with E-state index in [4.69, 9.17) is 0 Å². The summed E-state index contributed by atoms with van der Waals surface area (Å²) in [5.74, 6) is -3.42. The number of hydrogen-bond acceptors (Lipinski definition) is 5. The first-order valence-corrected chi connectivity index (χ1v) is 10.5. The highest BCUT2D eigenvalue weighted by Crippen LogP contribution is 2.27. The smallest absolute Gasteiger partial charge is 0.322 e. The highest BCUT2D eigenvalue weighted by atomic mass is 16.5. The topological polar surface area (TPSA) is 128 Å². The summed E-state index contributed by atoms with van der Waals surface area (Å²) in [7, 11) is 0. The number of carbonyl (C=O) groups excluding carboxylic acids is 4. The van der Waals surface area contributed by atoms with E-state index in [9.17, 15) is 24.4 Å². The molecule has 170 valence electrons. The van der Waals surface area contributed by atoms with E-state index in [1.54, 1.807) is 5.48 Å². The van der Waals surface area contributed by atoms with Crippen LogP contribution < -0.4 is 16.2 Å². The van der Waals surface area contributed by atoms with Crippen LogP contribution in [0.1, 0.15) is 52.5 Å². The van der Waals surface area contributed by atoms with Crippen molar-refractivity contribution in [3.63, 3.8) is 0 Å². The number of hydrazine groups is 1. The zero-order valence-electron chi connectivity index (χ0n) is 18.5. The van der Waals surface area contributed by atoms with E-state index >= 15 is 0 Å². The van der Waals surface area contributed by atoms with E-state index in [-0.39, 0.29) is 5.92 Å². The van der Waals surface area contributed by atoms with Gasteiger partial charge >= 0.3 is 6.03 Å². The SMILES string of the molecule is CC(C)CC(C(=O)NN1C(=O)NC(C)(C)C1=O)[C@H](CCCc1ccccc1)C(=O)NO. The summed E-state index contributed by atoms with van der Waals surface area (Å²) in [5, 5.41) is 12.4. The van der Waals surface area contributed by atoms with Gasteiger partial charge in [-0.3, -0.25) is 25.0 Å². The predicted molar refractivity (Wildman–Crippen MR) is 113 cm³/mol. The molecule has 0 aromatic heterocycles. The zero-order chi connectivity index (χ0) is 23.2. The Balaban J connectivity index is 2.16. The second-order valence-electron chi connectivity index (χ2n) is 8.87. The average Bonchev–Trinajstić information content (AvgIpc) is 2.91. The average molecular weight is 433 g/mol. The van der Waals surface area contributed by atoms with Gasteiger partial charge in [0, 0.05) is 0 Å². The molecule has 31 heavy (non-hydrogen) atoms. The van der Waals surface area contributed by atoms with E-state index in [0.717, 1.165) is 5.56 Å². The van der Waals surface area contributed by atoms with Gasteiger partial charge in [0.25, 0.3) is 5.91 Å². The molecule has 1 aromatic carbocycles. The molecule has 1 aliphatic rings. The molecule has 0 spiro atoms. The fourth-order valence-electron chi connectivity index (χ4n) is 3.77. The summed E-state index contributed by atoms with van der Waals surface area (Å²) in [6, 6.07) is 9.03. The Bertz CT molecular complexity index is 809. The molecule has 1 saturated heterocycles. The molecule has 1 heterocycles. The van der Waals surface area contributed by atoms with Crippen LogP contribution in [-0.4, -0.2) is 39.5 Å². The van der Waals surface area contributed by atoms with Crippen LogP contribution in [0.25, 0.3) is 0 Å². The molecule has 5 amide bonds. The lowest BCUT2D eigenvalue weighted by Crippen LogP contribution is -2.52. The van der Waals surface area contributed by atoms with E-state index < -0.39 is 41.1 Å². The summed E-state index contributed by atoms with van der Waals surface area (Å²) in [6.45, 7) is 6.90. The van der Waals surface area contributed by atoms with Crippen molar-refractivity contribution >= 4 is 23.8 Å². The third kappa shape index (κ3) is 6.27. The minimum atomic E-state index is -1.13. The van der Waals surface area contributed by atoms with Crippen molar-refractivity contribution in [1.29, 1.82) is 0 Å². The van der Waals surface area contributed by atoms with Gasteiger partial charge in [0.15, 0.2) is 0 Å². The van der Waals surface area contributed by atoms with Gasteiger partial charge in [0.2, 0.25) is 11.8 Å². The minimum absolute atomic E-state index is 0.0680. The number of urea groups is 1. The van der Waals surface area contributed by atoms with Gasteiger partial charge in [-0.05, 0) is 51.0 Å². The number of hydroxylamine groups is 1. The van der Waals surface area contributed by atoms with E-state index in [1.165, 1.54) is 13.8 Å². The number of rotatable bonds is 10. The molecule has 2 atom stereocenters. The van der Waals surface area contributed by atoms with Crippen molar-refractivity contribution < 1.29 is 24.4 Å². The maximum Gasteiger partial charge on any atom is 0.344 e. The number of nitrogens with one attached hydrogen (secondary N) is 3. The first-order valence-electron chi connectivity index (χ1n) is 10.5. The monoisotopic (exact) mass is 432 g/mol. The van der Waals surface area contributed by atoms with Crippen LogP contribution in [-0.2, 0) is 20.8 Å². The Morgan fingerprint density at radius 2 is 1.74 bits per heavy atom. The Morgan fingerprint density at radius 3 is 2.26 bits per heavy atom. The Morgan fingerprint density at radius 1 is 1.10 bits per heavy atom. The van der Waals surface area contributed by atoms with Gasteiger partial charge in [-0.25, -0.2) is 10.3 Å². The number of benzene rings is 1. The summed E-state index contributed by atoms with van der Waals surface area (Å²) in [6.07, 6.45) is 2.05. The molecule has 1 aliphatic heterocycles. The maximum atomic E-state index is 13.1. The lowest BCUT2D eigenvalue weighted by molar-refractivity contribution is -0.145. The molecule has 0 aliphatic carbocycles. The number of amides is 5. The third-order valence-corrected chi connectivity index (χ3v) is 5.40. The van der Waals surface area contributed by atoms with E-state index in [2.05, 4.69) is 10.7 Å². The van der Waals surface area contributed by atoms with Crippen molar-refractivity contribution in [2.24, 2.45) is 17.8 Å². The first kappa shape index (κ1) is 24.3. The summed E-state index contributed by atoms with van der Waals surface area (Å²) in [5.41, 5.74) is 4.02. The van der Waals surface area contributed by atoms with Gasteiger partial charge in [-0.1, -0.05) is 44.2 Å². The lowest BCUT2D eigenvalue weighted by Gasteiger charge is -2.28. The normalized spacial score (nSPS) is 17.3. The molecule has 0 bridgehead atoms. The predicted octanol–water partition coefficient (Wildman–Crippen LogP) is 2.15. The van der Waals surface area contributed by atoms with Crippen molar-refractivity contribution in [1.82, 2.24) is 21.2 Å². The molecule has 0 radical (unpaired) electrons. The van der Waals surface area contributed by atoms with Crippen LogP contribution >= 0.6 is 0 Å². The number of carbonyl (C=O) groups is 4. The van der Waals surface area contributed by atoms with Crippen molar-refractivity contribution in [3.8, 4) is 0 Å². The largest absolute Gasteiger partial charge is 0.344 e. The van der Waals surface area contributed by atoms with Gasteiger partial charge in [0.1, 0.15) is 5.54 Å². The Kier molecular flexibility index (Phi) is 8.15. The molecule has 2 rings (SSSR count). The maximum absolute atomic E-state index is 13.1. The highest BCUT2D eigenvalue weighted by molar-refractivity contribution is 6.07. The molecular weight excluding hydrogens is 400 g/mol. The number of imide groups is 1. The second kappa shape index (κ2) is 10.4. The van der Waals surface area contributed by atoms with E-state index in [1.807, 2.05) is 44.2 Å². The molecule has 1 aromatic rings. The van der Waals surface area contributed by atoms with Crippen molar-refractivity contribution in [2.45, 2.75) is 58.9 Å². The van der Waals surface area contributed by atoms with Crippen LogP contribution in [0.5, 0.6) is 0 Å². The molecule has 4 N–H and O–H groups in total. The second-order valence-corrected chi connectivity index (χ2v) is 8.87. The van der Waals surface area contributed by atoms with Crippen LogP contribution in [0.3, 0.4) is 0 Å². The van der Waals surface area contributed by atoms with Gasteiger partial charge < -0.3 is 5.32 Å². The Hall–Kier alpha value is -2.94. The molecular formula is C22H32N4O5. The summed E-state index contributed by atoms with van der Waals surface area (Å²) < 4.78 is 0. The Labute approximate surface area is 182 Å². The minimum Gasteiger partial charge on any atom is -0.322 e. The number of hydrogen-bond donors (Lipinski definition) is 4. The van der Waals surface area contributed by atoms with Gasteiger partial charge in [-0.15, -0.1) is 0 Å². The first-order chi connectivity index (χ1) is 14.6. The van der Waals surface area contributed by atoms with E-state index in [0.29, 0.717) is 30.7 Å². The van der Waals surface area contributed by atoms with Crippen LogP contribution in [0.2, 0.25) is 0 Å². The third-order valence-electron chi connectivity index (χ3n) is 5.40. The summed E-state index contributed by atoms with van der Waals surface area (Å²) >= 11 is 0. The molecule has 1 fully saturated rings. The summed E-state index contributed by atoms with van der Waals surface area (Å²) in [4.78, 5) is 50.1. The molecule has 9 heteroatoms.